The highest BCUT2D eigenvalue weighted by atomic mass is 79.9. The number of nitrogens with one attached hydrogen (secondary N) is 2. The first kappa shape index (κ1) is 26.7. The van der Waals surface area contributed by atoms with E-state index in [1.807, 2.05) is 12.1 Å². The number of β-amino-alcohol motifs (C(OH)–C–C–N with tert-alkyl or cyclic N) is 1. The molecule has 2 aromatic heterocycles. The van der Waals surface area contributed by atoms with Crippen molar-refractivity contribution in [2.75, 3.05) is 25.0 Å². The molecule has 2 saturated heterocycles. The van der Waals surface area contributed by atoms with E-state index in [1.54, 1.807) is 34.0 Å². The van der Waals surface area contributed by atoms with Gasteiger partial charge in [0.25, 0.3) is 11.9 Å². The molecular formula is C24H26BrCl2N5O4. The molecule has 36 heavy (non-hydrogen) atoms. The fourth-order valence-corrected chi connectivity index (χ4v) is 5.51. The lowest BCUT2D eigenvalue weighted by atomic mass is 9.81. The lowest BCUT2D eigenvalue weighted by molar-refractivity contribution is -0.134. The Balaban J connectivity index is 0.000000709. The lowest BCUT2D eigenvalue weighted by Crippen LogP contribution is -2.72. The third-order valence-electron chi connectivity index (χ3n) is 6.22. The van der Waals surface area contributed by atoms with Crippen LogP contribution in [0.15, 0.2) is 41.3 Å². The van der Waals surface area contributed by atoms with Crippen LogP contribution in [-0.2, 0) is 4.79 Å². The van der Waals surface area contributed by atoms with Crippen LogP contribution in [0.25, 0.3) is 5.65 Å². The number of rotatable bonds is 4. The standard InChI is InChI=1S/C22H22BrCl2N5O2.C2H4O2/c23-13-4-5-16(15(24)9-13)28-19-14(10-29-8-7-27-20(29)18(19)25)21(31)30-11-22(32,12-30)17-3-1-2-6-26-17;1-2(3)4/h4-5,7-10,17,26,28,32H,1-3,6,11-12H2;1H3,(H,3,4). The first-order chi connectivity index (χ1) is 17.1. The highest BCUT2D eigenvalue weighted by Gasteiger charge is 2.49. The molecule has 9 nitrogen and oxygen atoms in total. The minimum absolute atomic E-state index is 0.0131. The summed E-state index contributed by atoms with van der Waals surface area (Å²) in [6.45, 7) is 2.54. The molecule has 0 bridgehead atoms. The van der Waals surface area contributed by atoms with Crippen molar-refractivity contribution in [3.63, 3.8) is 0 Å². The molecule has 2 aliphatic rings. The lowest BCUT2D eigenvalue weighted by Gasteiger charge is -2.51. The fourth-order valence-electron chi connectivity index (χ4n) is 4.49. The number of carbonyl (C=O) groups is 2. The van der Waals surface area contributed by atoms with E-state index < -0.39 is 11.6 Å². The summed E-state index contributed by atoms with van der Waals surface area (Å²) >= 11 is 16.5. The first-order valence-electron chi connectivity index (χ1n) is 11.4. The van der Waals surface area contributed by atoms with Gasteiger partial charge in [-0.3, -0.25) is 9.59 Å². The molecule has 0 spiro atoms. The quantitative estimate of drug-likeness (QED) is 0.347. The van der Waals surface area contributed by atoms with E-state index in [0.29, 0.717) is 32.6 Å². The number of carbonyl (C=O) groups excluding carboxylic acids is 1. The Morgan fingerprint density at radius 1 is 1.28 bits per heavy atom. The first-order valence-corrected chi connectivity index (χ1v) is 13.0. The Hall–Kier alpha value is -2.37. The summed E-state index contributed by atoms with van der Waals surface area (Å²) in [6.07, 6.45) is 8.20. The third kappa shape index (κ3) is 5.63. The maximum atomic E-state index is 13.5. The van der Waals surface area contributed by atoms with Gasteiger partial charge in [-0.15, -0.1) is 0 Å². The second-order valence-corrected chi connectivity index (χ2v) is 10.6. The summed E-state index contributed by atoms with van der Waals surface area (Å²) in [4.78, 5) is 28.4. The van der Waals surface area contributed by atoms with E-state index in [0.717, 1.165) is 37.2 Å². The molecule has 1 unspecified atom stereocenters. The topological polar surface area (TPSA) is 119 Å². The molecule has 2 aliphatic heterocycles. The zero-order valence-corrected chi connectivity index (χ0v) is 22.6. The molecule has 0 radical (unpaired) electrons. The second-order valence-electron chi connectivity index (χ2n) is 8.93. The van der Waals surface area contributed by atoms with Gasteiger partial charge in [0.2, 0.25) is 0 Å². The molecule has 0 saturated carbocycles. The third-order valence-corrected chi connectivity index (χ3v) is 7.38. The molecule has 1 atom stereocenters. The number of likely N-dealkylation sites (tertiary alicyclic amines) is 1. The number of hydrogen-bond donors (Lipinski definition) is 4. The molecule has 5 rings (SSSR count). The maximum Gasteiger partial charge on any atom is 0.300 e. The van der Waals surface area contributed by atoms with Crippen molar-refractivity contribution in [2.24, 2.45) is 0 Å². The van der Waals surface area contributed by atoms with Crippen LogP contribution in [0, 0.1) is 0 Å². The van der Waals surface area contributed by atoms with Gasteiger partial charge in [-0.05, 0) is 37.6 Å². The van der Waals surface area contributed by atoms with E-state index in [1.165, 1.54) is 0 Å². The van der Waals surface area contributed by atoms with Gasteiger partial charge >= 0.3 is 0 Å². The van der Waals surface area contributed by atoms with Crippen LogP contribution in [0.2, 0.25) is 10.0 Å². The van der Waals surface area contributed by atoms with Gasteiger partial charge in [0.1, 0.15) is 10.6 Å². The normalized spacial score (nSPS) is 18.7. The molecule has 192 valence electrons. The van der Waals surface area contributed by atoms with Gasteiger partial charge in [0.15, 0.2) is 5.65 Å². The zero-order valence-electron chi connectivity index (χ0n) is 19.5. The van der Waals surface area contributed by atoms with Crippen LogP contribution in [0.3, 0.4) is 0 Å². The largest absolute Gasteiger partial charge is 0.481 e. The van der Waals surface area contributed by atoms with Gasteiger partial charge in [-0.25, -0.2) is 4.98 Å². The summed E-state index contributed by atoms with van der Waals surface area (Å²) in [5.41, 5.74) is 1.07. The van der Waals surface area contributed by atoms with Crippen LogP contribution >= 0.6 is 39.1 Å². The van der Waals surface area contributed by atoms with E-state index in [9.17, 15) is 9.90 Å². The number of aromatic nitrogens is 2. The smallest absolute Gasteiger partial charge is 0.300 e. The van der Waals surface area contributed by atoms with Crippen LogP contribution in [0.5, 0.6) is 0 Å². The minimum atomic E-state index is -0.901. The maximum absolute atomic E-state index is 13.5. The molecule has 1 aromatic carbocycles. The number of benzene rings is 1. The highest BCUT2D eigenvalue weighted by molar-refractivity contribution is 9.10. The van der Waals surface area contributed by atoms with Gasteiger partial charge in [-0.1, -0.05) is 45.6 Å². The van der Waals surface area contributed by atoms with Crippen LogP contribution < -0.4 is 10.6 Å². The Labute approximate surface area is 226 Å². The summed E-state index contributed by atoms with van der Waals surface area (Å²) in [7, 11) is 0. The van der Waals surface area contributed by atoms with Gasteiger partial charge < -0.3 is 30.1 Å². The Morgan fingerprint density at radius 2 is 2.00 bits per heavy atom. The van der Waals surface area contributed by atoms with Crippen molar-refractivity contribution in [1.82, 2.24) is 19.6 Å². The number of imidazole rings is 1. The second kappa shape index (κ2) is 10.9. The van der Waals surface area contributed by atoms with Crippen molar-refractivity contribution in [3.05, 3.63) is 56.9 Å². The minimum Gasteiger partial charge on any atom is -0.481 e. The molecule has 0 aliphatic carbocycles. The number of carboxylic acid groups (broad SMARTS) is 1. The van der Waals surface area contributed by atoms with Crippen molar-refractivity contribution in [1.29, 1.82) is 0 Å². The molecule has 12 heteroatoms. The van der Waals surface area contributed by atoms with Crippen LogP contribution in [-0.4, -0.2) is 67.7 Å². The van der Waals surface area contributed by atoms with Gasteiger partial charge in [-0.2, -0.15) is 0 Å². The summed E-state index contributed by atoms with van der Waals surface area (Å²) < 4.78 is 2.56. The summed E-state index contributed by atoms with van der Waals surface area (Å²) in [5, 5.41) is 25.9. The number of aliphatic hydroxyl groups is 1. The van der Waals surface area contributed by atoms with Crippen LogP contribution in [0.1, 0.15) is 36.5 Å². The number of amides is 1. The van der Waals surface area contributed by atoms with Crippen molar-refractivity contribution >= 4 is 68.0 Å². The highest BCUT2D eigenvalue weighted by Crippen LogP contribution is 2.38. The summed E-state index contributed by atoms with van der Waals surface area (Å²) in [6, 6.07) is 5.44. The summed E-state index contributed by atoms with van der Waals surface area (Å²) in [5.74, 6) is -1.04. The van der Waals surface area contributed by atoms with Crippen molar-refractivity contribution in [2.45, 2.75) is 37.8 Å². The zero-order chi connectivity index (χ0) is 26.0. The number of hydrogen-bond acceptors (Lipinski definition) is 6. The van der Waals surface area contributed by atoms with Crippen molar-refractivity contribution in [3.8, 4) is 0 Å². The number of carboxylic acids is 1. The Kier molecular flexibility index (Phi) is 8.11. The molecule has 3 aromatic rings. The van der Waals surface area contributed by atoms with E-state index in [2.05, 4.69) is 31.5 Å². The molecule has 4 N–H and O–H groups in total. The van der Waals surface area contributed by atoms with Gasteiger partial charge in [0.05, 0.1) is 35.1 Å². The predicted octanol–water partition coefficient (Wildman–Crippen LogP) is 4.57. The Morgan fingerprint density at radius 3 is 2.64 bits per heavy atom. The van der Waals surface area contributed by atoms with Crippen LogP contribution in [0.4, 0.5) is 11.4 Å². The number of halogens is 3. The average Bonchev–Trinajstić information content (AvgIpc) is 3.29. The average molecular weight is 599 g/mol. The molecule has 1 amide bonds. The SMILES string of the molecule is CC(=O)O.O=C(c1cn2ccnc2c(Cl)c1Nc1ccc(Br)cc1Cl)N1CC(O)(C2CCCCN2)C1. The van der Waals surface area contributed by atoms with E-state index in [-0.39, 0.29) is 25.0 Å². The molecule has 2 fully saturated rings. The number of fused-ring (bicyclic) bond motifs is 1. The van der Waals surface area contributed by atoms with E-state index in [4.69, 9.17) is 33.1 Å². The van der Waals surface area contributed by atoms with Gasteiger partial charge in [0, 0.05) is 36.0 Å². The number of aliphatic carboxylic acids is 1. The monoisotopic (exact) mass is 597 g/mol. The number of nitrogens with zero attached hydrogens (tertiary/aromatic N) is 3. The number of piperidine rings is 1. The molecule has 4 heterocycles. The number of anilines is 2. The predicted molar refractivity (Wildman–Crippen MR) is 142 cm³/mol. The Bertz CT molecular complexity index is 1280. The fraction of sp³-hybridized carbons (Fsp3) is 0.375. The van der Waals surface area contributed by atoms with Crippen molar-refractivity contribution < 1.29 is 19.8 Å². The number of pyridine rings is 1. The molecular weight excluding hydrogens is 573 g/mol. The van der Waals surface area contributed by atoms with E-state index >= 15 is 0 Å².